The Labute approximate surface area is 99.3 Å². The summed E-state index contributed by atoms with van der Waals surface area (Å²) in [5.74, 6) is -0.209. The van der Waals surface area contributed by atoms with E-state index in [-0.39, 0.29) is 16.8 Å². The van der Waals surface area contributed by atoms with Crippen molar-refractivity contribution >= 4 is 5.78 Å². The molecule has 1 heterocycles. The summed E-state index contributed by atoms with van der Waals surface area (Å²) in [5.41, 5.74) is 1.75. The van der Waals surface area contributed by atoms with Crippen molar-refractivity contribution in [2.24, 2.45) is 0 Å². The molecule has 0 fully saturated rings. The maximum atomic E-state index is 11.6. The molecule has 0 aliphatic heterocycles. The van der Waals surface area contributed by atoms with E-state index in [1.54, 1.807) is 6.20 Å². The van der Waals surface area contributed by atoms with Crippen molar-refractivity contribution in [1.82, 2.24) is 4.57 Å². The molecule has 17 heavy (non-hydrogen) atoms. The zero-order valence-corrected chi connectivity index (χ0v) is 9.81. The van der Waals surface area contributed by atoms with E-state index < -0.39 is 0 Å². The first-order valence-electron chi connectivity index (χ1n) is 5.39. The number of benzene rings is 1. The van der Waals surface area contributed by atoms with Gasteiger partial charge < -0.3 is 4.57 Å². The van der Waals surface area contributed by atoms with Crippen LogP contribution in [0.3, 0.4) is 0 Å². The number of para-hydroxylation sites is 1. The molecule has 1 aromatic heterocycles. The predicted octanol–water partition coefficient (Wildman–Crippen LogP) is 2.35. The van der Waals surface area contributed by atoms with Crippen LogP contribution < -0.4 is 5.43 Å². The molecule has 2 aromatic rings. The van der Waals surface area contributed by atoms with Crippen LogP contribution in [0.15, 0.2) is 47.4 Å². The number of hydrogen-bond donors (Lipinski definition) is 0. The summed E-state index contributed by atoms with van der Waals surface area (Å²) >= 11 is 0. The second kappa shape index (κ2) is 4.37. The van der Waals surface area contributed by atoms with Crippen molar-refractivity contribution in [2.45, 2.75) is 13.8 Å². The number of carbonyl (C=O) groups is 1. The second-order valence-electron chi connectivity index (χ2n) is 3.95. The second-order valence-corrected chi connectivity index (χ2v) is 3.95. The van der Waals surface area contributed by atoms with E-state index in [2.05, 4.69) is 0 Å². The highest BCUT2D eigenvalue weighted by atomic mass is 16.1. The van der Waals surface area contributed by atoms with Gasteiger partial charge in [-0.1, -0.05) is 18.2 Å². The van der Waals surface area contributed by atoms with Crippen molar-refractivity contribution < 1.29 is 4.79 Å². The first kappa shape index (κ1) is 11.3. The Morgan fingerprint density at radius 3 is 2.41 bits per heavy atom. The fourth-order valence-electron chi connectivity index (χ4n) is 1.76. The third kappa shape index (κ3) is 2.18. The average molecular weight is 227 g/mol. The number of hydrogen-bond acceptors (Lipinski definition) is 2. The smallest absolute Gasteiger partial charge is 0.192 e. The molecule has 2 rings (SSSR count). The molecular weight excluding hydrogens is 214 g/mol. The number of nitrogens with zero attached hydrogens (tertiary/aromatic N) is 1. The van der Waals surface area contributed by atoms with Crippen molar-refractivity contribution in [3.8, 4) is 5.69 Å². The minimum Gasteiger partial charge on any atom is -0.320 e. The third-order valence-electron chi connectivity index (χ3n) is 2.66. The lowest BCUT2D eigenvalue weighted by atomic mass is 10.1. The van der Waals surface area contributed by atoms with Crippen LogP contribution in [0.5, 0.6) is 0 Å². The fraction of sp³-hybridized carbons (Fsp3) is 0.143. The van der Waals surface area contributed by atoms with Crippen LogP contribution >= 0.6 is 0 Å². The van der Waals surface area contributed by atoms with Crippen LogP contribution in [-0.2, 0) is 0 Å². The van der Waals surface area contributed by atoms with Crippen LogP contribution in [0.2, 0.25) is 0 Å². The van der Waals surface area contributed by atoms with Gasteiger partial charge in [-0.3, -0.25) is 9.59 Å². The number of pyridine rings is 1. The van der Waals surface area contributed by atoms with Crippen LogP contribution in [0.4, 0.5) is 0 Å². The molecule has 3 nitrogen and oxygen atoms in total. The van der Waals surface area contributed by atoms with Gasteiger partial charge in [0.15, 0.2) is 11.2 Å². The number of aromatic nitrogens is 1. The third-order valence-corrected chi connectivity index (χ3v) is 2.66. The first-order valence-corrected chi connectivity index (χ1v) is 5.39. The van der Waals surface area contributed by atoms with Crippen LogP contribution in [0, 0.1) is 6.92 Å². The molecule has 0 aliphatic rings. The van der Waals surface area contributed by atoms with E-state index in [0.717, 1.165) is 11.4 Å². The molecule has 1 aromatic carbocycles. The van der Waals surface area contributed by atoms with E-state index >= 15 is 0 Å². The largest absolute Gasteiger partial charge is 0.320 e. The molecular formula is C14H13NO2. The summed E-state index contributed by atoms with van der Waals surface area (Å²) in [6.45, 7) is 3.25. The number of Topliss-reactive ketones (excluding diaryl/α,β-unsaturated/α-hetero) is 1. The Morgan fingerprint density at radius 1 is 1.18 bits per heavy atom. The molecule has 0 spiro atoms. The summed E-state index contributed by atoms with van der Waals surface area (Å²) in [4.78, 5) is 23.0. The van der Waals surface area contributed by atoms with Gasteiger partial charge in [0.05, 0.1) is 5.56 Å². The van der Waals surface area contributed by atoms with Gasteiger partial charge in [0.25, 0.3) is 0 Å². The topological polar surface area (TPSA) is 39.1 Å². The Hall–Kier alpha value is -2.16. The van der Waals surface area contributed by atoms with Crippen molar-refractivity contribution in [3.63, 3.8) is 0 Å². The van der Waals surface area contributed by atoms with Gasteiger partial charge in [-0.15, -0.1) is 0 Å². The van der Waals surface area contributed by atoms with Gasteiger partial charge in [-0.2, -0.15) is 0 Å². The highest BCUT2D eigenvalue weighted by Gasteiger charge is 2.08. The van der Waals surface area contributed by atoms with Crippen LogP contribution in [0.25, 0.3) is 5.69 Å². The molecule has 86 valence electrons. The highest BCUT2D eigenvalue weighted by Crippen LogP contribution is 2.10. The summed E-state index contributed by atoms with van der Waals surface area (Å²) in [7, 11) is 0. The standard InChI is InChI=1S/C14H13NO2/c1-10-8-14(17)13(11(2)16)9-15(10)12-6-4-3-5-7-12/h3-9H,1-2H3. The number of rotatable bonds is 2. The van der Waals surface area contributed by atoms with Crippen molar-refractivity contribution in [3.05, 3.63) is 64.1 Å². The Kier molecular flexibility index (Phi) is 2.91. The van der Waals surface area contributed by atoms with E-state index in [4.69, 9.17) is 0 Å². The van der Waals surface area contributed by atoms with Gasteiger partial charge in [0.2, 0.25) is 0 Å². The lowest BCUT2D eigenvalue weighted by Gasteiger charge is -2.11. The van der Waals surface area contributed by atoms with Gasteiger partial charge in [-0.25, -0.2) is 0 Å². The molecule has 0 bridgehead atoms. The summed E-state index contributed by atoms with van der Waals surface area (Å²) < 4.78 is 1.85. The Morgan fingerprint density at radius 2 is 1.82 bits per heavy atom. The maximum absolute atomic E-state index is 11.6. The highest BCUT2D eigenvalue weighted by molar-refractivity contribution is 5.93. The van der Waals surface area contributed by atoms with E-state index in [0.29, 0.717) is 0 Å². The zero-order chi connectivity index (χ0) is 12.4. The maximum Gasteiger partial charge on any atom is 0.192 e. The molecule has 0 radical (unpaired) electrons. The monoisotopic (exact) mass is 227 g/mol. The quantitative estimate of drug-likeness (QED) is 0.739. The molecule has 0 saturated carbocycles. The van der Waals surface area contributed by atoms with Gasteiger partial charge in [0.1, 0.15) is 0 Å². The predicted molar refractivity (Wildman–Crippen MR) is 66.8 cm³/mol. The summed E-state index contributed by atoms with van der Waals surface area (Å²) in [6.07, 6.45) is 1.61. The Bertz CT molecular complexity index is 612. The van der Waals surface area contributed by atoms with E-state index in [1.807, 2.05) is 41.8 Å². The molecule has 0 saturated heterocycles. The van der Waals surface area contributed by atoms with Crippen molar-refractivity contribution in [2.75, 3.05) is 0 Å². The average Bonchev–Trinajstić information content (AvgIpc) is 2.29. The van der Waals surface area contributed by atoms with Crippen LogP contribution in [0.1, 0.15) is 23.0 Å². The molecule has 0 N–H and O–H groups in total. The fourth-order valence-corrected chi connectivity index (χ4v) is 1.76. The molecule has 0 unspecified atom stereocenters. The summed E-state index contributed by atoms with van der Waals surface area (Å²) in [5, 5.41) is 0. The van der Waals surface area contributed by atoms with Gasteiger partial charge in [0, 0.05) is 23.6 Å². The van der Waals surface area contributed by atoms with E-state index in [1.165, 1.54) is 13.0 Å². The Balaban J connectivity index is 2.67. The number of ketones is 1. The molecule has 3 heteroatoms. The lowest BCUT2D eigenvalue weighted by Crippen LogP contribution is -2.16. The minimum atomic E-state index is -0.220. The van der Waals surface area contributed by atoms with E-state index in [9.17, 15) is 9.59 Å². The molecule has 0 aliphatic carbocycles. The van der Waals surface area contributed by atoms with Gasteiger partial charge in [-0.05, 0) is 26.0 Å². The zero-order valence-electron chi connectivity index (χ0n) is 9.81. The van der Waals surface area contributed by atoms with Crippen LogP contribution in [-0.4, -0.2) is 10.4 Å². The molecule has 0 atom stereocenters. The summed E-state index contributed by atoms with van der Waals surface area (Å²) in [6, 6.07) is 11.1. The normalized spacial score (nSPS) is 10.2. The SMILES string of the molecule is CC(=O)c1cn(-c2ccccc2)c(C)cc1=O. The first-order chi connectivity index (χ1) is 8.09. The number of carbonyl (C=O) groups excluding carboxylic acids is 1. The minimum absolute atomic E-state index is 0.209. The lowest BCUT2D eigenvalue weighted by molar-refractivity contribution is 0.101. The van der Waals surface area contributed by atoms with Gasteiger partial charge >= 0.3 is 0 Å². The number of aryl methyl sites for hydroxylation is 1. The molecule has 0 amide bonds. The van der Waals surface area contributed by atoms with Crippen molar-refractivity contribution in [1.29, 1.82) is 0 Å².